The minimum Gasteiger partial charge on any atom is -0.481 e. The molecule has 0 fully saturated rings. The Morgan fingerprint density at radius 3 is 2.23 bits per heavy atom. The number of hydrogen-bond donors (Lipinski definition) is 2. The number of carboxylic acids is 1. The molecular formula is C16H18N2O4. The molecule has 22 heavy (non-hydrogen) atoms. The monoisotopic (exact) mass is 302 g/mol. The molecule has 2 N–H and O–H groups in total. The van der Waals surface area contributed by atoms with Gasteiger partial charge in [-0.3, -0.25) is 14.2 Å². The van der Waals surface area contributed by atoms with Crippen LogP contribution in [-0.2, 0) is 18.3 Å². The van der Waals surface area contributed by atoms with Crippen LogP contribution in [0.25, 0.3) is 0 Å². The maximum atomic E-state index is 11.1. The zero-order valence-electron chi connectivity index (χ0n) is 12.5. The number of H-pyrrole nitrogens is 1. The largest absolute Gasteiger partial charge is 0.481 e. The maximum Gasteiger partial charge on any atom is 0.328 e. The zero-order chi connectivity index (χ0) is 16.3. The fraction of sp³-hybridized carbons (Fsp3) is 0.312. The Bertz CT molecular complexity index is 740. The Kier molecular flexibility index (Phi) is 4.60. The number of aliphatic carboxylic acids is 1. The van der Waals surface area contributed by atoms with E-state index in [1.54, 1.807) is 0 Å². The summed E-state index contributed by atoms with van der Waals surface area (Å²) in [7, 11) is 1.46. The lowest BCUT2D eigenvalue weighted by atomic mass is 10.0. The molecule has 1 aromatic rings. The Morgan fingerprint density at radius 1 is 1.27 bits per heavy atom. The lowest BCUT2D eigenvalue weighted by Gasteiger charge is -2.01. The van der Waals surface area contributed by atoms with Gasteiger partial charge in [0.25, 0.3) is 5.56 Å². The van der Waals surface area contributed by atoms with Gasteiger partial charge in [-0.05, 0) is 17.6 Å². The van der Waals surface area contributed by atoms with Gasteiger partial charge in [0, 0.05) is 18.8 Å². The Balaban J connectivity index is 0.000000162. The van der Waals surface area contributed by atoms with E-state index in [0.29, 0.717) is 5.69 Å². The summed E-state index contributed by atoms with van der Waals surface area (Å²) in [4.78, 5) is 35.3. The predicted molar refractivity (Wildman–Crippen MR) is 82.7 cm³/mol. The summed E-state index contributed by atoms with van der Waals surface area (Å²) in [6.07, 6.45) is 9.08. The molecule has 0 aliphatic heterocycles. The highest BCUT2D eigenvalue weighted by atomic mass is 16.4. The summed E-state index contributed by atoms with van der Waals surface area (Å²) in [5.41, 5.74) is 1.93. The van der Waals surface area contributed by atoms with Crippen LogP contribution in [0.5, 0.6) is 0 Å². The zero-order valence-corrected chi connectivity index (χ0v) is 12.5. The number of nitrogens with zero attached hydrogens (tertiary/aromatic N) is 1. The van der Waals surface area contributed by atoms with Crippen LogP contribution in [0.4, 0.5) is 0 Å². The molecular weight excluding hydrogens is 284 g/mol. The Hall–Kier alpha value is -2.63. The molecule has 1 aromatic heterocycles. The maximum absolute atomic E-state index is 11.1. The van der Waals surface area contributed by atoms with E-state index in [0.717, 1.165) is 28.6 Å². The fourth-order valence-electron chi connectivity index (χ4n) is 2.37. The number of aryl methyl sites for hydroxylation is 1. The average Bonchev–Trinajstić information content (AvgIpc) is 3.06. The highest BCUT2D eigenvalue weighted by Crippen LogP contribution is 2.34. The van der Waals surface area contributed by atoms with Crippen molar-refractivity contribution in [2.24, 2.45) is 13.0 Å². The number of aromatic nitrogens is 2. The van der Waals surface area contributed by atoms with E-state index in [1.165, 1.54) is 13.1 Å². The minimum atomic E-state index is -0.750. The van der Waals surface area contributed by atoms with Gasteiger partial charge in [0.15, 0.2) is 0 Å². The molecule has 0 spiro atoms. The number of allylic oxidation sites excluding steroid dienone is 4. The van der Waals surface area contributed by atoms with Crippen molar-refractivity contribution in [1.82, 2.24) is 9.55 Å². The normalized spacial score (nSPS) is 15.2. The molecule has 0 aromatic carbocycles. The summed E-state index contributed by atoms with van der Waals surface area (Å²) in [6, 6.07) is 1.46. The van der Waals surface area contributed by atoms with Crippen LogP contribution in [0.15, 0.2) is 51.1 Å². The first-order valence-corrected chi connectivity index (χ1v) is 7.06. The van der Waals surface area contributed by atoms with Crippen molar-refractivity contribution in [2.75, 3.05) is 0 Å². The number of rotatable bonds is 3. The van der Waals surface area contributed by atoms with Crippen molar-refractivity contribution in [3.63, 3.8) is 0 Å². The Labute approximate surface area is 127 Å². The van der Waals surface area contributed by atoms with Gasteiger partial charge in [-0.2, -0.15) is 0 Å². The number of aromatic amines is 1. The van der Waals surface area contributed by atoms with E-state index >= 15 is 0 Å². The molecule has 1 heterocycles. The van der Waals surface area contributed by atoms with Crippen LogP contribution in [-0.4, -0.2) is 20.6 Å². The first-order valence-electron chi connectivity index (χ1n) is 7.06. The Morgan fingerprint density at radius 2 is 1.86 bits per heavy atom. The SMILES string of the molecule is CCCc1cc(=O)n(C)c(=O)[nH]1.O=C(O)C1C2=CC=C1C=C2. The molecule has 0 saturated heterocycles. The molecule has 0 unspecified atom stereocenters. The van der Waals surface area contributed by atoms with E-state index < -0.39 is 5.97 Å². The number of carbonyl (C=O) groups is 1. The van der Waals surface area contributed by atoms with Gasteiger partial charge >= 0.3 is 11.7 Å². The van der Waals surface area contributed by atoms with Gasteiger partial charge in [-0.1, -0.05) is 37.6 Å². The first kappa shape index (κ1) is 15.8. The number of carboxylic acid groups (broad SMARTS) is 1. The van der Waals surface area contributed by atoms with Crippen molar-refractivity contribution < 1.29 is 9.90 Å². The first-order chi connectivity index (χ1) is 10.4. The van der Waals surface area contributed by atoms with Crippen molar-refractivity contribution in [2.45, 2.75) is 19.8 Å². The molecule has 116 valence electrons. The summed E-state index contributed by atoms with van der Waals surface area (Å²) in [6.45, 7) is 2.00. The van der Waals surface area contributed by atoms with Gasteiger partial charge in [-0.15, -0.1) is 0 Å². The van der Waals surface area contributed by atoms with Crippen LogP contribution < -0.4 is 11.2 Å². The summed E-state index contributed by atoms with van der Waals surface area (Å²) in [5.74, 6) is -1.11. The van der Waals surface area contributed by atoms with Gasteiger partial charge in [-0.25, -0.2) is 4.79 Å². The van der Waals surface area contributed by atoms with Gasteiger partial charge in [0.2, 0.25) is 0 Å². The lowest BCUT2D eigenvalue weighted by molar-refractivity contribution is -0.138. The highest BCUT2D eigenvalue weighted by molar-refractivity contribution is 5.83. The molecule has 6 heteroatoms. The van der Waals surface area contributed by atoms with Gasteiger partial charge < -0.3 is 10.1 Å². The number of nitrogens with one attached hydrogen (secondary N) is 1. The predicted octanol–water partition coefficient (Wildman–Crippen LogP) is 1.15. The van der Waals surface area contributed by atoms with E-state index in [4.69, 9.17) is 5.11 Å². The van der Waals surface area contributed by atoms with Crippen LogP contribution in [0, 0.1) is 5.92 Å². The highest BCUT2D eigenvalue weighted by Gasteiger charge is 2.30. The van der Waals surface area contributed by atoms with Crippen molar-refractivity contribution >= 4 is 5.97 Å². The van der Waals surface area contributed by atoms with Gasteiger partial charge in [0.1, 0.15) is 5.92 Å². The minimum absolute atomic E-state index is 0.248. The number of fused-ring (bicyclic) bond motifs is 2. The molecule has 2 bridgehead atoms. The fourth-order valence-corrected chi connectivity index (χ4v) is 2.37. The molecule has 0 radical (unpaired) electrons. The van der Waals surface area contributed by atoms with Crippen molar-refractivity contribution in [1.29, 1.82) is 0 Å². The van der Waals surface area contributed by atoms with Crippen molar-refractivity contribution in [3.05, 3.63) is 68.0 Å². The molecule has 2 aliphatic rings. The van der Waals surface area contributed by atoms with Crippen LogP contribution in [0.1, 0.15) is 19.0 Å². The topological polar surface area (TPSA) is 92.2 Å². The summed E-state index contributed by atoms with van der Waals surface area (Å²) < 4.78 is 1.05. The molecule has 3 rings (SSSR count). The lowest BCUT2D eigenvalue weighted by Crippen LogP contribution is -2.32. The second-order valence-electron chi connectivity index (χ2n) is 5.18. The average molecular weight is 302 g/mol. The molecule has 0 amide bonds. The van der Waals surface area contributed by atoms with Crippen LogP contribution in [0.3, 0.4) is 0 Å². The standard InChI is InChI=1S/C8H12N2O2.C8H6O2/c1-3-4-6-5-7(11)10(2)8(12)9-6;9-8(10)7-5-1-2-6(7)4-3-5/h5H,3-4H2,1-2H3,(H,9,12);1-4,7H,(H,9,10). The van der Waals surface area contributed by atoms with Crippen molar-refractivity contribution in [3.8, 4) is 0 Å². The second kappa shape index (κ2) is 6.43. The van der Waals surface area contributed by atoms with Crippen LogP contribution in [0.2, 0.25) is 0 Å². The summed E-state index contributed by atoms with van der Waals surface area (Å²) in [5, 5.41) is 8.67. The summed E-state index contributed by atoms with van der Waals surface area (Å²) >= 11 is 0. The molecule has 0 atom stereocenters. The third kappa shape index (κ3) is 3.16. The molecule has 0 saturated carbocycles. The van der Waals surface area contributed by atoms with Gasteiger partial charge in [0.05, 0.1) is 0 Å². The van der Waals surface area contributed by atoms with E-state index in [1.807, 2.05) is 31.2 Å². The second-order valence-corrected chi connectivity index (χ2v) is 5.18. The van der Waals surface area contributed by atoms with E-state index in [2.05, 4.69) is 4.98 Å². The van der Waals surface area contributed by atoms with E-state index in [-0.39, 0.29) is 17.2 Å². The third-order valence-electron chi connectivity index (χ3n) is 3.57. The third-order valence-corrected chi connectivity index (χ3v) is 3.57. The van der Waals surface area contributed by atoms with E-state index in [9.17, 15) is 14.4 Å². The smallest absolute Gasteiger partial charge is 0.328 e. The number of hydrogen-bond acceptors (Lipinski definition) is 3. The quantitative estimate of drug-likeness (QED) is 0.876. The molecule has 6 nitrogen and oxygen atoms in total. The molecule has 2 aliphatic carbocycles. The van der Waals surface area contributed by atoms with Crippen LogP contribution >= 0.6 is 0 Å².